The lowest BCUT2D eigenvalue weighted by molar-refractivity contribution is 0.250. The number of likely N-dealkylation sites (N-methyl/N-ethyl adjacent to an activating group) is 1. The van der Waals surface area contributed by atoms with Crippen molar-refractivity contribution in [3.05, 3.63) is 22.4 Å². The summed E-state index contributed by atoms with van der Waals surface area (Å²) in [6.45, 7) is 6.41. The molecule has 92 valence electrons. The van der Waals surface area contributed by atoms with Crippen LogP contribution < -0.4 is 5.73 Å². The molecule has 0 fully saturated rings. The van der Waals surface area contributed by atoms with Crippen molar-refractivity contribution in [2.75, 3.05) is 20.1 Å². The molecule has 2 nitrogen and oxygen atoms in total. The van der Waals surface area contributed by atoms with Crippen LogP contribution in [0.3, 0.4) is 0 Å². The van der Waals surface area contributed by atoms with E-state index in [-0.39, 0.29) is 5.54 Å². The number of thiophene rings is 1. The molecular formula is C13H24N2S. The third-order valence-electron chi connectivity index (χ3n) is 2.77. The van der Waals surface area contributed by atoms with Gasteiger partial charge in [-0.15, -0.1) is 11.3 Å². The lowest BCUT2D eigenvalue weighted by Crippen LogP contribution is -2.46. The van der Waals surface area contributed by atoms with Gasteiger partial charge in [-0.3, -0.25) is 0 Å². The Balaban J connectivity index is 2.27. The van der Waals surface area contributed by atoms with Crippen molar-refractivity contribution in [1.82, 2.24) is 4.90 Å². The van der Waals surface area contributed by atoms with Crippen molar-refractivity contribution in [2.24, 2.45) is 5.73 Å². The van der Waals surface area contributed by atoms with Gasteiger partial charge in [0.1, 0.15) is 0 Å². The largest absolute Gasteiger partial charge is 0.324 e. The summed E-state index contributed by atoms with van der Waals surface area (Å²) in [7, 11) is 2.16. The fraction of sp³-hybridized carbons (Fsp3) is 0.692. The van der Waals surface area contributed by atoms with Gasteiger partial charge in [-0.05, 0) is 38.3 Å². The summed E-state index contributed by atoms with van der Waals surface area (Å²) in [4.78, 5) is 3.80. The van der Waals surface area contributed by atoms with E-state index < -0.39 is 0 Å². The zero-order valence-corrected chi connectivity index (χ0v) is 11.5. The van der Waals surface area contributed by atoms with Crippen LogP contribution in [0.1, 0.15) is 31.6 Å². The van der Waals surface area contributed by atoms with E-state index in [1.807, 2.05) is 11.3 Å². The summed E-state index contributed by atoms with van der Waals surface area (Å²) >= 11 is 1.84. The van der Waals surface area contributed by atoms with Gasteiger partial charge in [0.25, 0.3) is 0 Å². The maximum absolute atomic E-state index is 6.24. The maximum atomic E-state index is 6.24. The Morgan fingerprint density at radius 3 is 2.81 bits per heavy atom. The molecular weight excluding hydrogens is 216 g/mol. The molecule has 1 aromatic heterocycles. The minimum atomic E-state index is -0.0427. The number of hydrogen-bond acceptors (Lipinski definition) is 3. The Morgan fingerprint density at radius 2 is 2.25 bits per heavy atom. The van der Waals surface area contributed by atoms with E-state index in [1.54, 1.807) is 0 Å². The highest BCUT2D eigenvalue weighted by molar-refractivity contribution is 7.09. The van der Waals surface area contributed by atoms with Gasteiger partial charge in [0.2, 0.25) is 0 Å². The molecule has 0 saturated heterocycles. The standard InChI is InChI=1S/C13H24N2S/c1-4-8-13(2,14)11-15(3)9-7-12-6-5-10-16-12/h5-6,10H,4,7-9,11,14H2,1-3H3. The molecule has 1 unspecified atom stereocenters. The van der Waals surface area contributed by atoms with E-state index in [4.69, 9.17) is 5.73 Å². The molecule has 3 heteroatoms. The Morgan fingerprint density at radius 1 is 1.50 bits per heavy atom. The van der Waals surface area contributed by atoms with Gasteiger partial charge in [0.05, 0.1) is 0 Å². The second-order valence-electron chi connectivity index (χ2n) is 4.97. The second-order valence-corrected chi connectivity index (χ2v) is 6.00. The van der Waals surface area contributed by atoms with E-state index >= 15 is 0 Å². The summed E-state index contributed by atoms with van der Waals surface area (Å²) in [5.41, 5.74) is 6.20. The third kappa shape index (κ3) is 5.10. The van der Waals surface area contributed by atoms with Crippen molar-refractivity contribution in [3.8, 4) is 0 Å². The van der Waals surface area contributed by atoms with Crippen molar-refractivity contribution in [3.63, 3.8) is 0 Å². The van der Waals surface area contributed by atoms with E-state index in [0.29, 0.717) is 0 Å². The highest BCUT2D eigenvalue weighted by Crippen LogP contribution is 2.12. The van der Waals surface area contributed by atoms with Crippen LogP contribution in [0.25, 0.3) is 0 Å². The second kappa shape index (κ2) is 6.38. The van der Waals surface area contributed by atoms with E-state index in [2.05, 4.69) is 43.3 Å². The monoisotopic (exact) mass is 240 g/mol. The summed E-state index contributed by atoms with van der Waals surface area (Å²) < 4.78 is 0. The molecule has 16 heavy (non-hydrogen) atoms. The molecule has 0 bridgehead atoms. The summed E-state index contributed by atoms with van der Waals surface area (Å²) in [5.74, 6) is 0. The first-order chi connectivity index (χ1) is 7.53. The Labute approximate surface area is 103 Å². The number of hydrogen-bond donors (Lipinski definition) is 1. The summed E-state index contributed by atoms with van der Waals surface area (Å²) in [5, 5.41) is 2.14. The van der Waals surface area contributed by atoms with Crippen molar-refractivity contribution in [1.29, 1.82) is 0 Å². The topological polar surface area (TPSA) is 29.3 Å². The molecule has 0 saturated carbocycles. The van der Waals surface area contributed by atoms with Crippen molar-refractivity contribution in [2.45, 2.75) is 38.6 Å². The van der Waals surface area contributed by atoms with Crippen LogP contribution in [-0.4, -0.2) is 30.6 Å². The lowest BCUT2D eigenvalue weighted by Gasteiger charge is -2.29. The van der Waals surface area contributed by atoms with Crippen LogP contribution in [0.5, 0.6) is 0 Å². The maximum Gasteiger partial charge on any atom is 0.0254 e. The molecule has 0 spiro atoms. The highest BCUT2D eigenvalue weighted by atomic mass is 32.1. The summed E-state index contributed by atoms with van der Waals surface area (Å²) in [6, 6.07) is 4.32. The SMILES string of the molecule is CCCC(C)(N)CN(C)CCc1cccs1. The zero-order chi connectivity index (χ0) is 12.0. The average Bonchev–Trinajstić information content (AvgIpc) is 2.66. The smallest absolute Gasteiger partial charge is 0.0254 e. The van der Waals surface area contributed by atoms with Crippen molar-refractivity contribution >= 4 is 11.3 Å². The molecule has 0 amide bonds. The minimum absolute atomic E-state index is 0.0427. The fourth-order valence-corrected chi connectivity index (χ4v) is 2.80. The highest BCUT2D eigenvalue weighted by Gasteiger charge is 2.19. The predicted octanol–water partition coefficient (Wildman–Crippen LogP) is 2.74. The molecule has 1 aromatic rings. The zero-order valence-electron chi connectivity index (χ0n) is 10.7. The first kappa shape index (κ1) is 13.7. The molecule has 0 radical (unpaired) electrons. The molecule has 0 aliphatic carbocycles. The van der Waals surface area contributed by atoms with Crippen LogP contribution in [-0.2, 0) is 6.42 Å². The molecule has 0 aromatic carbocycles. The molecule has 1 rings (SSSR count). The molecule has 0 aliphatic heterocycles. The van der Waals surface area contributed by atoms with Crippen LogP contribution in [0.2, 0.25) is 0 Å². The molecule has 2 N–H and O–H groups in total. The number of rotatable bonds is 7. The Kier molecular flexibility index (Phi) is 5.46. The van der Waals surface area contributed by atoms with E-state index in [0.717, 1.165) is 32.4 Å². The van der Waals surface area contributed by atoms with Gasteiger partial charge >= 0.3 is 0 Å². The van der Waals surface area contributed by atoms with E-state index in [9.17, 15) is 0 Å². The van der Waals surface area contributed by atoms with Crippen LogP contribution >= 0.6 is 11.3 Å². The predicted molar refractivity (Wildman–Crippen MR) is 73.0 cm³/mol. The van der Waals surface area contributed by atoms with Gasteiger partial charge < -0.3 is 10.6 Å². The fourth-order valence-electron chi connectivity index (χ4n) is 2.10. The number of nitrogens with two attached hydrogens (primary N) is 1. The quantitative estimate of drug-likeness (QED) is 0.794. The van der Waals surface area contributed by atoms with Crippen LogP contribution in [0.15, 0.2) is 17.5 Å². The number of nitrogens with zero attached hydrogens (tertiary/aromatic N) is 1. The summed E-state index contributed by atoms with van der Waals surface area (Å²) in [6.07, 6.45) is 3.39. The van der Waals surface area contributed by atoms with Crippen LogP contribution in [0.4, 0.5) is 0 Å². The van der Waals surface area contributed by atoms with Crippen molar-refractivity contribution < 1.29 is 0 Å². The minimum Gasteiger partial charge on any atom is -0.324 e. The van der Waals surface area contributed by atoms with Gasteiger partial charge in [0.15, 0.2) is 0 Å². The van der Waals surface area contributed by atoms with E-state index in [1.165, 1.54) is 4.88 Å². The van der Waals surface area contributed by atoms with Gasteiger partial charge in [0, 0.05) is 23.5 Å². The van der Waals surface area contributed by atoms with Gasteiger partial charge in [-0.1, -0.05) is 19.4 Å². The normalized spacial score (nSPS) is 15.3. The first-order valence-electron chi connectivity index (χ1n) is 6.03. The van der Waals surface area contributed by atoms with Crippen LogP contribution in [0, 0.1) is 0 Å². The first-order valence-corrected chi connectivity index (χ1v) is 6.91. The molecule has 0 aliphatic rings. The Bertz CT molecular complexity index is 280. The van der Waals surface area contributed by atoms with Gasteiger partial charge in [-0.25, -0.2) is 0 Å². The molecule has 1 heterocycles. The Hall–Kier alpha value is -0.380. The average molecular weight is 240 g/mol. The third-order valence-corrected chi connectivity index (χ3v) is 3.71. The molecule has 1 atom stereocenters. The lowest BCUT2D eigenvalue weighted by atomic mass is 9.97. The van der Waals surface area contributed by atoms with Gasteiger partial charge in [-0.2, -0.15) is 0 Å².